The minimum absolute atomic E-state index is 0.131. The molecule has 1 aromatic heterocycles. The molecule has 2 heterocycles. The SMILES string of the molecule is Cc1nc(C=CC(=O)Nc2cc(S(=O)(=O)N3CCCCC3)ccc2OCC(F)(F)F)cs1. The van der Waals surface area contributed by atoms with Crippen LogP contribution in [0.3, 0.4) is 0 Å². The van der Waals surface area contributed by atoms with E-state index in [1.54, 1.807) is 12.3 Å². The van der Waals surface area contributed by atoms with Crippen molar-refractivity contribution in [1.29, 1.82) is 0 Å². The highest BCUT2D eigenvalue weighted by atomic mass is 32.2. The summed E-state index contributed by atoms with van der Waals surface area (Å²) in [7, 11) is -3.86. The molecule has 1 aliphatic heterocycles. The van der Waals surface area contributed by atoms with Crippen molar-refractivity contribution in [2.45, 2.75) is 37.3 Å². The smallest absolute Gasteiger partial charge is 0.422 e. The van der Waals surface area contributed by atoms with Gasteiger partial charge in [-0.25, -0.2) is 13.4 Å². The van der Waals surface area contributed by atoms with Gasteiger partial charge in [-0.2, -0.15) is 17.5 Å². The zero-order valence-electron chi connectivity index (χ0n) is 17.2. The van der Waals surface area contributed by atoms with E-state index in [-0.39, 0.29) is 16.3 Å². The number of halogens is 3. The van der Waals surface area contributed by atoms with E-state index in [9.17, 15) is 26.4 Å². The molecule has 1 aliphatic rings. The first-order valence-electron chi connectivity index (χ1n) is 9.79. The minimum atomic E-state index is -4.60. The van der Waals surface area contributed by atoms with E-state index in [1.807, 2.05) is 0 Å². The van der Waals surface area contributed by atoms with Crippen LogP contribution in [-0.4, -0.2) is 49.5 Å². The fraction of sp³-hybridized carbons (Fsp3) is 0.400. The molecular weight excluding hydrogens is 467 g/mol. The summed E-state index contributed by atoms with van der Waals surface area (Å²) in [5.41, 5.74) is 0.383. The molecule has 0 bridgehead atoms. The second-order valence-corrected chi connectivity index (χ2v) is 10.1. The fourth-order valence-electron chi connectivity index (χ4n) is 3.10. The van der Waals surface area contributed by atoms with Gasteiger partial charge in [-0.3, -0.25) is 4.79 Å². The van der Waals surface area contributed by atoms with Crippen molar-refractivity contribution in [3.63, 3.8) is 0 Å². The van der Waals surface area contributed by atoms with E-state index < -0.39 is 28.7 Å². The molecule has 0 atom stereocenters. The van der Waals surface area contributed by atoms with Crippen LogP contribution in [0.15, 0.2) is 34.6 Å². The highest BCUT2D eigenvalue weighted by Crippen LogP contribution is 2.31. The Hall–Kier alpha value is -2.44. The molecule has 1 fully saturated rings. The number of rotatable bonds is 7. The summed E-state index contributed by atoms with van der Waals surface area (Å²) in [4.78, 5) is 16.4. The van der Waals surface area contributed by atoms with Crippen molar-refractivity contribution < 1.29 is 31.1 Å². The fourth-order valence-corrected chi connectivity index (χ4v) is 5.22. The van der Waals surface area contributed by atoms with Crippen molar-refractivity contribution in [3.8, 4) is 5.75 Å². The summed E-state index contributed by atoms with van der Waals surface area (Å²) in [6, 6.07) is 3.42. The van der Waals surface area contributed by atoms with Gasteiger partial charge in [0.2, 0.25) is 15.9 Å². The van der Waals surface area contributed by atoms with Gasteiger partial charge in [0.05, 0.1) is 21.3 Å². The van der Waals surface area contributed by atoms with Crippen LogP contribution in [0, 0.1) is 6.92 Å². The van der Waals surface area contributed by atoms with Crippen molar-refractivity contribution >= 4 is 39.0 Å². The molecule has 3 rings (SSSR count). The van der Waals surface area contributed by atoms with Crippen molar-refractivity contribution in [2.24, 2.45) is 0 Å². The first kappa shape index (κ1) is 24.2. The van der Waals surface area contributed by atoms with E-state index in [1.165, 1.54) is 27.8 Å². The van der Waals surface area contributed by atoms with Crippen molar-refractivity contribution in [3.05, 3.63) is 40.4 Å². The van der Waals surface area contributed by atoms with Gasteiger partial charge in [-0.05, 0) is 44.0 Å². The number of sulfonamides is 1. The molecule has 1 amide bonds. The van der Waals surface area contributed by atoms with Crippen LogP contribution < -0.4 is 10.1 Å². The Bertz CT molecular complexity index is 1090. The lowest BCUT2D eigenvalue weighted by atomic mass is 10.2. The quantitative estimate of drug-likeness (QED) is 0.589. The molecule has 0 radical (unpaired) electrons. The molecule has 1 saturated heterocycles. The lowest BCUT2D eigenvalue weighted by Crippen LogP contribution is -2.35. The maximum Gasteiger partial charge on any atom is 0.422 e. The second-order valence-electron chi connectivity index (χ2n) is 7.14. The largest absolute Gasteiger partial charge is 0.482 e. The molecule has 0 saturated carbocycles. The maximum absolute atomic E-state index is 12.9. The van der Waals surface area contributed by atoms with Gasteiger partial charge in [0.1, 0.15) is 5.75 Å². The van der Waals surface area contributed by atoms with E-state index in [0.29, 0.717) is 18.8 Å². The average molecular weight is 490 g/mol. The number of aromatic nitrogens is 1. The first-order valence-corrected chi connectivity index (χ1v) is 12.1. The summed E-state index contributed by atoms with van der Waals surface area (Å²) < 4.78 is 69.9. The second kappa shape index (κ2) is 10.0. The number of piperidine rings is 1. The molecule has 0 unspecified atom stereocenters. The Morgan fingerprint density at radius 3 is 2.62 bits per heavy atom. The van der Waals surface area contributed by atoms with Gasteiger partial charge >= 0.3 is 6.18 Å². The molecule has 174 valence electrons. The Morgan fingerprint density at radius 1 is 1.28 bits per heavy atom. The summed E-state index contributed by atoms with van der Waals surface area (Å²) in [5, 5.41) is 4.96. The number of benzene rings is 1. The van der Waals surface area contributed by atoms with Crippen LogP contribution in [0.4, 0.5) is 18.9 Å². The zero-order chi connectivity index (χ0) is 23.4. The van der Waals surface area contributed by atoms with Crippen LogP contribution >= 0.6 is 11.3 Å². The highest BCUT2D eigenvalue weighted by Gasteiger charge is 2.30. The molecule has 12 heteroatoms. The van der Waals surface area contributed by atoms with Gasteiger partial charge in [0.15, 0.2) is 6.61 Å². The van der Waals surface area contributed by atoms with Crippen LogP contribution in [0.25, 0.3) is 6.08 Å². The summed E-state index contributed by atoms with van der Waals surface area (Å²) in [5.74, 6) is -0.953. The standard InChI is InChI=1S/C20H22F3N3O4S2/c1-14-24-15(12-31-14)5-8-19(27)25-17-11-16(6-7-18(17)30-13-20(21,22)23)32(28,29)26-9-3-2-4-10-26/h5-8,11-12H,2-4,9-10,13H2,1H3,(H,25,27). The first-order chi connectivity index (χ1) is 15.0. The number of anilines is 1. The van der Waals surface area contributed by atoms with Gasteiger partial charge in [-0.1, -0.05) is 6.42 Å². The predicted octanol–water partition coefficient (Wildman–Crippen LogP) is 4.22. The Balaban J connectivity index is 1.86. The van der Waals surface area contributed by atoms with E-state index in [0.717, 1.165) is 42.5 Å². The summed E-state index contributed by atoms with van der Waals surface area (Å²) >= 11 is 1.40. The minimum Gasteiger partial charge on any atom is -0.482 e. The summed E-state index contributed by atoms with van der Waals surface area (Å²) in [6.07, 6.45) is 0.412. The average Bonchev–Trinajstić information content (AvgIpc) is 3.16. The Kier molecular flexibility index (Phi) is 7.57. The molecule has 7 nitrogen and oxygen atoms in total. The number of nitrogens with one attached hydrogen (secondary N) is 1. The number of amides is 1. The van der Waals surface area contributed by atoms with Gasteiger partial charge < -0.3 is 10.1 Å². The van der Waals surface area contributed by atoms with Crippen molar-refractivity contribution in [1.82, 2.24) is 9.29 Å². The third-order valence-corrected chi connectivity index (χ3v) is 7.28. The lowest BCUT2D eigenvalue weighted by molar-refractivity contribution is -0.153. The number of hydrogen-bond acceptors (Lipinski definition) is 6. The van der Waals surface area contributed by atoms with Gasteiger partial charge in [-0.15, -0.1) is 11.3 Å². The van der Waals surface area contributed by atoms with Crippen LogP contribution in [0.5, 0.6) is 5.75 Å². The lowest BCUT2D eigenvalue weighted by Gasteiger charge is -2.26. The topological polar surface area (TPSA) is 88.6 Å². The Labute approximate surface area is 188 Å². The van der Waals surface area contributed by atoms with Gasteiger partial charge in [0.25, 0.3) is 0 Å². The molecule has 0 spiro atoms. The number of ether oxygens (including phenoxy) is 1. The number of hydrogen-bond donors (Lipinski definition) is 1. The number of aryl methyl sites for hydroxylation is 1. The van der Waals surface area contributed by atoms with E-state index >= 15 is 0 Å². The number of carbonyl (C=O) groups excluding carboxylic acids is 1. The van der Waals surface area contributed by atoms with Crippen LogP contribution in [0.2, 0.25) is 0 Å². The third-order valence-electron chi connectivity index (χ3n) is 4.60. The molecule has 1 N–H and O–H groups in total. The number of nitrogens with zero attached hydrogens (tertiary/aromatic N) is 2. The van der Waals surface area contributed by atoms with E-state index in [2.05, 4.69) is 10.3 Å². The maximum atomic E-state index is 12.9. The predicted molar refractivity (Wildman–Crippen MR) is 115 cm³/mol. The Morgan fingerprint density at radius 2 is 2.00 bits per heavy atom. The van der Waals surface area contributed by atoms with Crippen molar-refractivity contribution in [2.75, 3.05) is 25.0 Å². The third kappa shape index (κ3) is 6.53. The van der Waals surface area contributed by atoms with Gasteiger partial charge in [0, 0.05) is 24.5 Å². The summed E-state index contributed by atoms with van der Waals surface area (Å²) in [6.45, 7) is 0.959. The molecule has 0 aliphatic carbocycles. The number of thiazole rings is 1. The molecule has 32 heavy (non-hydrogen) atoms. The number of carbonyl (C=O) groups is 1. The zero-order valence-corrected chi connectivity index (χ0v) is 18.8. The van der Waals surface area contributed by atoms with Crippen LogP contribution in [0.1, 0.15) is 30.0 Å². The highest BCUT2D eigenvalue weighted by molar-refractivity contribution is 7.89. The normalized spacial score (nSPS) is 15.8. The molecule has 1 aromatic carbocycles. The van der Waals surface area contributed by atoms with E-state index in [4.69, 9.17) is 4.74 Å². The number of alkyl halides is 3. The molecular formula is C20H22F3N3O4S2. The molecule has 2 aromatic rings. The monoisotopic (exact) mass is 489 g/mol. The van der Waals surface area contributed by atoms with Crippen LogP contribution in [-0.2, 0) is 14.8 Å².